The maximum Gasteiger partial charge on any atom is 0.408 e. The molecule has 21 heavy (non-hydrogen) atoms. The lowest BCUT2D eigenvalue weighted by molar-refractivity contribution is 0.0499. The largest absolute Gasteiger partial charge is 0.444 e. The van der Waals surface area contributed by atoms with Gasteiger partial charge in [0.25, 0.3) is 0 Å². The first-order valence-electron chi connectivity index (χ1n) is 6.57. The van der Waals surface area contributed by atoms with Crippen LogP contribution in [0, 0.1) is 0 Å². The van der Waals surface area contributed by atoms with Crippen molar-refractivity contribution in [2.24, 2.45) is 7.05 Å². The molecule has 1 amide bonds. The Hall–Kier alpha value is -2.38. The van der Waals surface area contributed by atoms with Crippen LogP contribution >= 0.6 is 0 Å². The Balaban J connectivity index is 2.02. The highest BCUT2D eigenvalue weighted by Crippen LogP contribution is 2.18. The van der Waals surface area contributed by atoms with Crippen molar-refractivity contribution in [2.75, 3.05) is 0 Å². The van der Waals surface area contributed by atoms with Gasteiger partial charge in [-0.15, -0.1) is 0 Å². The van der Waals surface area contributed by atoms with E-state index in [2.05, 4.69) is 20.6 Å². The molecular weight excluding hydrogens is 274 g/mol. The number of rotatable bonds is 3. The number of ether oxygens (including phenoxy) is 1. The van der Waals surface area contributed by atoms with Gasteiger partial charge in [0.1, 0.15) is 11.6 Å². The lowest BCUT2D eigenvalue weighted by Gasteiger charge is -2.20. The number of hydrogen-bond donors (Lipinski definition) is 1. The Morgan fingerprint density at radius 3 is 2.76 bits per heavy atom. The average molecular weight is 293 g/mol. The molecule has 0 saturated heterocycles. The second-order valence-corrected chi connectivity index (χ2v) is 5.73. The second-order valence-electron chi connectivity index (χ2n) is 5.73. The lowest BCUT2D eigenvalue weighted by Crippen LogP contribution is -2.34. The Kier molecular flexibility index (Phi) is 3.97. The van der Waals surface area contributed by atoms with E-state index < -0.39 is 17.7 Å². The highest BCUT2D eigenvalue weighted by Gasteiger charge is 2.21. The van der Waals surface area contributed by atoms with Crippen LogP contribution in [-0.4, -0.2) is 31.6 Å². The molecule has 0 radical (unpaired) electrons. The monoisotopic (exact) mass is 293 g/mol. The molecule has 2 rings (SSSR count). The number of amides is 1. The molecular formula is C13H19N5O3. The van der Waals surface area contributed by atoms with E-state index in [0.717, 1.165) is 5.56 Å². The maximum absolute atomic E-state index is 11.7. The van der Waals surface area contributed by atoms with Crippen LogP contribution < -0.4 is 5.32 Å². The van der Waals surface area contributed by atoms with E-state index in [0.29, 0.717) is 11.7 Å². The first-order chi connectivity index (χ1) is 9.74. The number of carbonyl (C=O) groups excluding carboxylic acids is 1. The van der Waals surface area contributed by atoms with Crippen molar-refractivity contribution in [1.82, 2.24) is 25.2 Å². The Morgan fingerprint density at radius 1 is 1.48 bits per heavy atom. The van der Waals surface area contributed by atoms with Gasteiger partial charge in [0, 0.05) is 13.2 Å². The Labute approximate surface area is 122 Å². The summed E-state index contributed by atoms with van der Waals surface area (Å²) in [5.41, 5.74) is 0.191. The van der Waals surface area contributed by atoms with Crippen LogP contribution in [0.2, 0.25) is 0 Å². The van der Waals surface area contributed by atoms with Gasteiger partial charge >= 0.3 is 6.09 Å². The van der Waals surface area contributed by atoms with Crippen LogP contribution in [0.5, 0.6) is 0 Å². The van der Waals surface area contributed by atoms with Gasteiger partial charge in [0.2, 0.25) is 11.7 Å². The van der Waals surface area contributed by atoms with Gasteiger partial charge in [-0.1, -0.05) is 5.16 Å². The summed E-state index contributed by atoms with van der Waals surface area (Å²) < 4.78 is 12.0. The highest BCUT2D eigenvalue weighted by molar-refractivity contribution is 5.68. The van der Waals surface area contributed by atoms with Gasteiger partial charge < -0.3 is 14.6 Å². The van der Waals surface area contributed by atoms with Crippen molar-refractivity contribution in [2.45, 2.75) is 39.3 Å². The summed E-state index contributed by atoms with van der Waals surface area (Å²) in [6, 6.07) is -0.447. The Bertz CT molecular complexity index is 626. The fraction of sp³-hybridized carbons (Fsp3) is 0.538. The van der Waals surface area contributed by atoms with Gasteiger partial charge in [-0.2, -0.15) is 10.1 Å². The molecule has 114 valence electrons. The molecule has 0 unspecified atom stereocenters. The normalized spacial score (nSPS) is 13.0. The molecule has 0 aliphatic rings. The van der Waals surface area contributed by atoms with E-state index in [4.69, 9.17) is 9.26 Å². The summed E-state index contributed by atoms with van der Waals surface area (Å²) in [5, 5.41) is 10.6. The van der Waals surface area contributed by atoms with Crippen LogP contribution in [0.1, 0.15) is 39.6 Å². The molecule has 0 aliphatic carbocycles. The number of nitrogens with one attached hydrogen (secondary N) is 1. The third-order valence-electron chi connectivity index (χ3n) is 2.51. The molecule has 2 aromatic heterocycles. The van der Waals surface area contributed by atoms with E-state index >= 15 is 0 Å². The van der Waals surface area contributed by atoms with Gasteiger partial charge in [0.05, 0.1) is 11.8 Å². The third kappa shape index (κ3) is 4.04. The Morgan fingerprint density at radius 2 is 2.19 bits per heavy atom. The molecule has 0 spiro atoms. The fourth-order valence-corrected chi connectivity index (χ4v) is 1.61. The minimum atomic E-state index is -0.556. The zero-order chi connectivity index (χ0) is 15.6. The predicted molar refractivity (Wildman–Crippen MR) is 74.3 cm³/mol. The van der Waals surface area contributed by atoms with Crippen molar-refractivity contribution < 1.29 is 14.1 Å². The molecule has 1 atom stereocenters. The van der Waals surface area contributed by atoms with E-state index in [9.17, 15) is 4.79 Å². The smallest absolute Gasteiger partial charge is 0.408 e. The van der Waals surface area contributed by atoms with Crippen LogP contribution in [0.15, 0.2) is 16.9 Å². The van der Waals surface area contributed by atoms with Crippen molar-refractivity contribution in [3.63, 3.8) is 0 Å². The van der Waals surface area contributed by atoms with Gasteiger partial charge in [0.15, 0.2) is 0 Å². The molecule has 2 aromatic rings. The predicted octanol–water partition coefficient (Wildman–Crippen LogP) is 2.06. The van der Waals surface area contributed by atoms with E-state index in [-0.39, 0.29) is 0 Å². The molecule has 1 N–H and O–H groups in total. The fourth-order valence-electron chi connectivity index (χ4n) is 1.61. The zero-order valence-corrected chi connectivity index (χ0v) is 12.7. The number of aromatic nitrogens is 4. The minimum absolute atomic E-state index is 0.305. The number of alkyl carbamates (subject to hydrolysis) is 1. The van der Waals surface area contributed by atoms with E-state index in [1.165, 1.54) is 0 Å². The van der Waals surface area contributed by atoms with Gasteiger partial charge in [-0.3, -0.25) is 4.68 Å². The maximum atomic E-state index is 11.7. The van der Waals surface area contributed by atoms with E-state index in [1.54, 1.807) is 51.8 Å². The first-order valence-corrected chi connectivity index (χ1v) is 6.57. The SMILES string of the molecule is C[C@@H](NC(=O)OC(C)(C)C)c1nc(-c2cnn(C)c2)no1. The van der Waals surface area contributed by atoms with Crippen molar-refractivity contribution in [3.8, 4) is 11.4 Å². The molecule has 2 heterocycles. The lowest BCUT2D eigenvalue weighted by atomic mass is 10.2. The molecule has 8 heteroatoms. The average Bonchev–Trinajstić information content (AvgIpc) is 2.93. The molecule has 0 saturated carbocycles. The number of hydrogen-bond acceptors (Lipinski definition) is 6. The second kappa shape index (κ2) is 5.55. The summed E-state index contributed by atoms with van der Waals surface area (Å²) in [7, 11) is 1.80. The van der Waals surface area contributed by atoms with Crippen LogP contribution in [0.25, 0.3) is 11.4 Å². The minimum Gasteiger partial charge on any atom is -0.444 e. The number of nitrogens with zero attached hydrogens (tertiary/aromatic N) is 4. The molecule has 0 aliphatic heterocycles. The topological polar surface area (TPSA) is 95.1 Å². The number of aryl methyl sites for hydroxylation is 1. The van der Waals surface area contributed by atoms with Crippen molar-refractivity contribution in [3.05, 3.63) is 18.3 Å². The first kappa shape index (κ1) is 15.0. The van der Waals surface area contributed by atoms with Crippen molar-refractivity contribution in [1.29, 1.82) is 0 Å². The summed E-state index contributed by atoms with van der Waals surface area (Å²) in [6.45, 7) is 7.13. The summed E-state index contributed by atoms with van der Waals surface area (Å²) in [6.07, 6.45) is 2.89. The van der Waals surface area contributed by atoms with Crippen LogP contribution in [-0.2, 0) is 11.8 Å². The standard InChI is InChI=1S/C13H19N5O3/c1-8(15-12(19)20-13(2,3)4)11-16-10(17-21-11)9-6-14-18(5)7-9/h6-8H,1-5H3,(H,15,19)/t8-/m1/s1. The van der Waals surface area contributed by atoms with Crippen LogP contribution in [0.3, 0.4) is 0 Å². The third-order valence-corrected chi connectivity index (χ3v) is 2.51. The number of carbonyl (C=O) groups is 1. The highest BCUT2D eigenvalue weighted by atomic mass is 16.6. The van der Waals surface area contributed by atoms with Crippen LogP contribution in [0.4, 0.5) is 4.79 Å². The van der Waals surface area contributed by atoms with Crippen molar-refractivity contribution >= 4 is 6.09 Å². The van der Waals surface area contributed by atoms with E-state index in [1.807, 2.05) is 0 Å². The zero-order valence-electron chi connectivity index (χ0n) is 12.7. The van der Waals surface area contributed by atoms with Gasteiger partial charge in [-0.05, 0) is 27.7 Å². The molecule has 0 aromatic carbocycles. The molecule has 8 nitrogen and oxygen atoms in total. The quantitative estimate of drug-likeness (QED) is 0.930. The van der Waals surface area contributed by atoms with Gasteiger partial charge in [-0.25, -0.2) is 4.79 Å². The summed E-state index contributed by atoms with van der Waals surface area (Å²) in [4.78, 5) is 15.9. The molecule has 0 fully saturated rings. The summed E-state index contributed by atoms with van der Waals surface area (Å²) >= 11 is 0. The molecule has 0 bridgehead atoms. The summed E-state index contributed by atoms with van der Waals surface area (Å²) in [5.74, 6) is 0.732.